The summed E-state index contributed by atoms with van der Waals surface area (Å²) in [7, 11) is 0. The van der Waals surface area contributed by atoms with Crippen LogP contribution in [0.4, 0.5) is 17.2 Å². The van der Waals surface area contributed by atoms with Crippen molar-refractivity contribution in [3.8, 4) is 0 Å². The smallest absolute Gasteiger partial charge is 0.274 e. The number of hydrogen-bond donors (Lipinski definition) is 2. The van der Waals surface area contributed by atoms with E-state index in [2.05, 4.69) is 20.6 Å². The van der Waals surface area contributed by atoms with Gasteiger partial charge in [-0.3, -0.25) is 4.79 Å². The van der Waals surface area contributed by atoms with Gasteiger partial charge in [0.1, 0.15) is 17.8 Å². The Labute approximate surface area is 151 Å². The molecular weight excluding hydrogens is 336 g/mol. The standard InChI is InChI=1S/C19H17ClN4O/c1-12-3-4-13(2)16(9-12)24-18-10-17(21-11-22-18)19(25)23-15-7-5-14(20)6-8-15/h3-11H,1-2H3,(H,23,25)(H,21,22,24). The molecule has 5 nitrogen and oxygen atoms in total. The Morgan fingerprint density at radius 3 is 2.52 bits per heavy atom. The number of aromatic nitrogens is 2. The molecule has 0 aliphatic rings. The highest BCUT2D eigenvalue weighted by Gasteiger charge is 2.10. The number of nitrogens with zero attached hydrogens (tertiary/aromatic N) is 2. The molecule has 2 aromatic carbocycles. The molecule has 25 heavy (non-hydrogen) atoms. The summed E-state index contributed by atoms with van der Waals surface area (Å²) in [5.41, 5.74) is 4.11. The third kappa shape index (κ3) is 4.33. The lowest BCUT2D eigenvalue weighted by molar-refractivity contribution is 0.102. The van der Waals surface area contributed by atoms with Gasteiger partial charge in [-0.15, -0.1) is 0 Å². The van der Waals surface area contributed by atoms with Crippen LogP contribution in [0, 0.1) is 13.8 Å². The van der Waals surface area contributed by atoms with Gasteiger partial charge in [-0.25, -0.2) is 9.97 Å². The Bertz CT molecular complexity index is 910. The summed E-state index contributed by atoms with van der Waals surface area (Å²) in [6.07, 6.45) is 1.37. The summed E-state index contributed by atoms with van der Waals surface area (Å²) in [6.45, 7) is 4.03. The van der Waals surface area contributed by atoms with E-state index >= 15 is 0 Å². The Balaban J connectivity index is 1.77. The van der Waals surface area contributed by atoms with E-state index in [9.17, 15) is 4.79 Å². The molecule has 0 aliphatic carbocycles. The minimum absolute atomic E-state index is 0.276. The zero-order valence-corrected chi connectivity index (χ0v) is 14.6. The van der Waals surface area contributed by atoms with Crippen LogP contribution in [0.1, 0.15) is 21.6 Å². The quantitative estimate of drug-likeness (QED) is 0.711. The first kappa shape index (κ1) is 16.9. The maximum atomic E-state index is 12.4. The number of anilines is 3. The molecular formula is C19H17ClN4O. The van der Waals surface area contributed by atoms with E-state index in [0.717, 1.165) is 16.8 Å². The van der Waals surface area contributed by atoms with E-state index < -0.39 is 0 Å². The second-order valence-electron chi connectivity index (χ2n) is 5.69. The van der Waals surface area contributed by atoms with Crippen LogP contribution in [0.15, 0.2) is 54.9 Å². The van der Waals surface area contributed by atoms with Crippen molar-refractivity contribution in [1.82, 2.24) is 9.97 Å². The molecule has 0 radical (unpaired) electrons. The largest absolute Gasteiger partial charge is 0.340 e. The van der Waals surface area contributed by atoms with Crippen LogP contribution in [0.5, 0.6) is 0 Å². The van der Waals surface area contributed by atoms with Crippen molar-refractivity contribution in [2.45, 2.75) is 13.8 Å². The number of nitrogens with one attached hydrogen (secondary N) is 2. The molecule has 1 aromatic heterocycles. The monoisotopic (exact) mass is 352 g/mol. The first-order valence-corrected chi connectivity index (χ1v) is 8.12. The van der Waals surface area contributed by atoms with Gasteiger partial charge in [0.2, 0.25) is 0 Å². The van der Waals surface area contributed by atoms with Crippen LogP contribution >= 0.6 is 11.6 Å². The van der Waals surface area contributed by atoms with E-state index in [-0.39, 0.29) is 11.6 Å². The lowest BCUT2D eigenvalue weighted by atomic mass is 10.1. The van der Waals surface area contributed by atoms with Crippen LogP contribution in [-0.2, 0) is 0 Å². The van der Waals surface area contributed by atoms with Gasteiger partial charge in [0.15, 0.2) is 0 Å². The fourth-order valence-electron chi connectivity index (χ4n) is 2.29. The van der Waals surface area contributed by atoms with Crippen molar-refractivity contribution in [2.24, 2.45) is 0 Å². The maximum absolute atomic E-state index is 12.4. The zero-order valence-electron chi connectivity index (χ0n) is 13.9. The normalized spacial score (nSPS) is 10.4. The van der Waals surface area contributed by atoms with Crippen LogP contribution in [-0.4, -0.2) is 15.9 Å². The summed E-state index contributed by atoms with van der Waals surface area (Å²) in [5, 5.41) is 6.62. The molecule has 0 spiro atoms. The predicted molar refractivity (Wildman–Crippen MR) is 101 cm³/mol. The van der Waals surface area contributed by atoms with Gasteiger partial charge in [0.05, 0.1) is 0 Å². The van der Waals surface area contributed by atoms with E-state index in [4.69, 9.17) is 11.6 Å². The zero-order chi connectivity index (χ0) is 17.8. The minimum atomic E-state index is -0.311. The van der Waals surface area contributed by atoms with Gasteiger partial charge in [-0.1, -0.05) is 23.7 Å². The molecule has 0 saturated heterocycles. The summed E-state index contributed by atoms with van der Waals surface area (Å²) >= 11 is 5.85. The molecule has 0 atom stereocenters. The van der Waals surface area contributed by atoms with Gasteiger partial charge in [0, 0.05) is 22.5 Å². The van der Waals surface area contributed by atoms with E-state index in [0.29, 0.717) is 16.5 Å². The molecule has 6 heteroatoms. The highest BCUT2D eigenvalue weighted by molar-refractivity contribution is 6.30. The number of carbonyl (C=O) groups is 1. The molecule has 0 aliphatic heterocycles. The minimum Gasteiger partial charge on any atom is -0.340 e. The fourth-order valence-corrected chi connectivity index (χ4v) is 2.41. The van der Waals surface area contributed by atoms with Crippen LogP contribution in [0.25, 0.3) is 0 Å². The summed E-state index contributed by atoms with van der Waals surface area (Å²) in [4.78, 5) is 20.6. The Morgan fingerprint density at radius 2 is 1.76 bits per heavy atom. The summed E-state index contributed by atoms with van der Waals surface area (Å²) < 4.78 is 0. The predicted octanol–water partition coefficient (Wildman–Crippen LogP) is 4.74. The molecule has 0 fully saturated rings. The van der Waals surface area contributed by atoms with Crippen LogP contribution in [0.3, 0.4) is 0 Å². The van der Waals surface area contributed by atoms with E-state index in [1.54, 1.807) is 30.3 Å². The average molecular weight is 353 g/mol. The van der Waals surface area contributed by atoms with Crippen molar-refractivity contribution in [2.75, 3.05) is 10.6 Å². The Hall–Kier alpha value is -2.92. The number of benzene rings is 2. The van der Waals surface area contributed by atoms with Gasteiger partial charge in [-0.2, -0.15) is 0 Å². The molecule has 1 amide bonds. The fraction of sp³-hybridized carbons (Fsp3) is 0.105. The second-order valence-corrected chi connectivity index (χ2v) is 6.13. The van der Waals surface area contributed by atoms with Gasteiger partial charge in [-0.05, 0) is 55.3 Å². The number of hydrogen-bond acceptors (Lipinski definition) is 4. The average Bonchev–Trinajstić information content (AvgIpc) is 2.60. The first-order valence-electron chi connectivity index (χ1n) is 7.74. The molecule has 3 aromatic rings. The van der Waals surface area contributed by atoms with Crippen molar-refractivity contribution in [1.29, 1.82) is 0 Å². The summed E-state index contributed by atoms with van der Waals surface area (Å²) in [6, 6.07) is 14.6. The SMILES string of the molecule is Cc1ccc(C)c(Nc2cc(C(=O)Nc3ccc(Cl)cc3)ncn2)c1. The highest BCUT2D eigenvalue weighted by atomic mass is 35.5. The van der Waals surface area contributed by atoms with E-state index in [1.807, 2.05) is 32.0 Å². The van der Waals surface area contributed by atoms with Crippen molar-refractivity contribution < 1.29 is 4.79 Å². The molecule has 0 unspecified atom stereocenters. The number of halogens is 1. The maximum Gasteiger partial charge on any atom is 0.274 e. The van der Waals surface area contributed by atoms with Gasteiger partial charge in [0.25, 0.3) is 5.91 Å². The third-order valence-corrected chi connectivity index (χ3v) is 3.91. The van der Waals surface area contributed by atoms with E-state index in [1.165, 1.54) is 6.33 Å². The number of carbonyl (C=O) groups excluding carboxylic acids is 1. The molecule has 1 heterocycles. The third-order valence-electron chi connectivity index (χ3n) is 3.66. The molecule has 0 saturated carbocycles. The lowest BCUT2D eigenvalue weighted by Crippen LogP contribution is -2.14. The molecule has 2 N–H and O–H groups in total. The lowest BCUT2D eigenvalue weighted by Gasteiger charge is -2.10. The first-order chi connectivity index (χ1) is 12.0. The molecule has 126 valence electrons. The number of amides is 1. The molecule has 3 rings (SSSR count). The van der Waals surface area contributed by atoms with Gasteiger partial charge >= 0.3 is 0 Å². The van der Waals surface area contributed by atoms with Crippen LogP contribution < -0.4 is 10.6 Å². The summed E-state index contributed by atoms with van der Waals surface area (Å²) in [5.74, 6) is 0.249. The van der Waals surface area contributed by atoms with Crippen molar-refractivity contribution in [3.05, 3.63) is 76.7 Å². The number of aryl methyl sites for hydroxylation is 2. The number of rotatable bonds is 4. The topological polar surface area (TPSA) is 66.9 Å². The molecule has 0 bridgehead atoms. The van der Waals surface area contributed by atoms with Gasteiger partial charge < -0.3 is 10.6 Å². The Kier molecular flexibility index (Phi) is 4.95. The Morgan fingerprint density at radius 1 is 1.00 bits per heavy atom. The van der Waals surface area contributed by atoms with Crippen molar-refractivity contribution >= 4 is 34.7 Å². The highest BCUT2D eigenvalue weighted by Crippen LogP contribution is 2.21. The second kappa shape index (κ2) is 7.32. The van der Waals surface area contributed by atoms with Crippen molar-refractivity contribution in [3.63, 3.8) is 0 Å². The van der Waals surface area contributed by atoms with Crippen LogP contribution in [0.2, 0.25) is 5.02 Å².